The Balaban J connectivity index is 2.36. The number of ether oxygens (including phenoxy) is 1. The Labute approximate surface area is 136 Å². The summed E-state index contributed by atoms with van der Waals surface area (Å²) >= 11 is 0. The Morgan fingerprint density at radius 1 is 1.17 bits per heavy atom. The lowest BCUT2D eigenvalue weighted by molar-refractivity contribution is -0.124. The van der Waals surface area contributed by atoms with E-state index in [9.17, 15) is 14.7 Å². The van der Waals surface area contributed by atoms with Gasteiger partial charge in [0, 0.05) is 12.1 Å². The maximum absolute atomic E-state index is 11.8. The van der Waals surface area contributed by atoms with Crippen LogP contribution in [0.4, 0.5) is 0 Å². The Morgan fingerprint density at radius 3 is 2.48 bits per heavy atom. The highest BCUT2D eigenvalue weighted by Crippen LogP contribution is 2.23. The van der Waals surface area contributed by atoms with E-state index in [0.29, 0.717) is 5.92 Å². The highest BCUT2D eigenvalue weighted by molar-refractivity contribution is 5.94. The highest BCUT2D eigenvalue weighted by atomic mass is 16.5. The Hall–Kier alpha value is -2.24. The van der Waals surface area contributed by atoms with Gasteiger partial charge in [0.05, 0.1) is 0 Å². The summed E-state index contributed by atoms with van der Waals surface area (Å²) in [6.45, 7) is 5.81. The van der Waals surface area contributed by atoms with Crippen molar-refractivity contribution in [2.45, 2.75) is 46.1 Å². The van der Waals surface area contributed by atoms with Gasteiger partial charge in [-0.25, -0.2) is 4.79 Å². The molecule has 1 aromatic rings. The number of benzene rings is 1. The fraction of sp³-hybridized carbons (Fsp3) is 0.529. The molecule has 3 N–H and O–H groups in total. The van der Waals surface area contributed by atoms with E-state index >= 15 is 0 Å². The van der Waals surface area contributed by atoms with Crippen molar-refractivity contribution in [1.29, 1.82) is 0 Å². The van der Waals surface area contributed by atoms with Gasteiger partial charge >= 0.3 is 5.97 Å². The zero-order valence-electron chi connectivity index (χ0n) is 13.8. The van der Waals surface area contributed by atoms with Crippen molar-refractivity contribution in [3.8, 4) is 11.5 Å². The smallest absolute Gasteiger partial charge is 0.342 e. The van der Waals surface area contributed by atoms with E-state index in [2.05, 4.69) is 19.2 Å². The summed E-state index contributed by atoms with van der Waals surface area (Å²) in [6, 6.07) is 3.54. The zero-order valence-corrected chi connectivity index (χ0v) is 13.8. The van der Waals surface area contributed by atoms with Crippen molar-refractivity contribution in [2.75, 3.05) is 6.61 Å². The maximum atomic E-state index is 11.8. The van der Waals surface area contributed by atoms with Crippen molar-refractivity contribution >= 4 is 11.9 Å². The van der Waals surface area contributed by atoms with E-state index in [1.165, 1.54) is 12.1 Å². The first kappa shape index (κ1) is 18.8. The maximum Gasteiger partial charge on any atom is 0.342 e. The first-order valence-electron chi connectivity index (χ1n) is 7.78. The third-order valence-corrected chi connectivity index (χ3v) is 3.36. The number of amides is 1. The minimum absolute atomic E-state index is 0.0158. The lowest BCUT2D eigenvalue weighted by atomic mass is 10.0. The average Bonchev–Trinajstić information content (AvgIpc) is 2.44. The topological polar surface area (TPSA) is 95.9 Å². The van der Waals surface area contributed by atoms with Crippen molar-refractivity contribution in [2.24, 2.45) is 5.92 Å². The van der Waals surface area contributed by atoms with Gasteiger partial charge in [-0.1, -0.05) is 26.7 Å². The molecule has 0 fully saturated rings. The van der Waals surface area contributed by atoms with Crippen LogP contribution < -0.4 is 5.32 Å². The molecule has 0 saturated heterocycles. The molecule has 0 radical (unpaired) electrons. The molecule has 128 valence electrons. The molecule has 0 aliphatic rings. The molecular weight excluding hydrogens is 298 g/mol. The molecule has 1 amide bonds. The van der Waals surface area contributed by atoms with E-state index in [1.54, 1.807) is 0 Å². The number of carbonyl (C=O) groups is 2. The first-order chi connectivity index (χ1) is 10.8. The van der Waals surface area contributed by atoms with Gasteiger partial charge in [0.25, 0.3) is 5.91 Å². The largest absolute Gasteiger partial charge is 0.508 e. The van der Waals surface area contributed by atoms with Gasteiger partial charge in [0.15, 0.2) is 6.61 Å². The van der Waals surface area contributed by atoms with Gasteiger partial charge < -0.3 is 20.3 Å². The summed E-state index contributed by atoms with van der Waals surface area (Å²) < 4.78 is 4.86. The summed E-state index contributed by atoms with van der Waals surface area (Å²) in [7, 11) is 0. The predicted molar refractivity (Wildman–Crippen MR) is 86.3 cm³/mol. The second kappa shape index (κ2) is 9.02. The molecule has 0 aliphatic heterocycles. The van der Waals surface area contributed by atoms with Crippen LogP contribution in [0.15, 0.2) is 18.2 Å². The minimum Gasteiger partial charge on any atom is -0.508 e. The highest BCUT2D eigenvalue weighted by Gasteiger charge is 2.15. The molecule has 0 bridgehead atoms. The Morgan fingerprint density at radius 2 is 1.87 bits per heavy atom. The minimum atomic E-state index is -0.815. The number of carbonyl (C=O) groups excluding carboxylic acids is 2. The number of hydrogen-bond acceptors (Lipinski definition) is 5. The predicted octanol–water partition coefficient (Wildman–Crippen LogP) is 2.59. The summed E-state index contributed by atoms with van der Waals surface area (Å²) in [5, 5.41) is 21.5. The van der Waals surface area contributed by atoms with Crippen LogP contribution in [-0.4, -0.2) is 34.7 Å². The van der Waals surface area contributed by atoms with E-state index in [4.69, 9.17) is 9.84 Å². The molecule has 1 atom stereocenters. The quantitative estimate of drug-likeness (QED) is 0.639. The van der Waals surface area contributed by atoms with Crippen LogP contribution in [-0.2, 0) is 9.53 Å². The van der Waals surface area contributed by atoms with E-state index in [-0.39, 0.29) is 23.3 Å². The summed E-state index contributed by atoms with van der Waals surface area (Å²) in [4.78, 5) is 23.5. The van der Waals surface area contributed by atoms with Gasteiger partial charge in [0.2, 0.25) is 0 Å². The fourth-order valence-electron chi connectivity index (χ4n) is 2.12. The molecule has 0 spiro atoms. The van der Waals surface area contributed by atoms with Gasteiger partial charge in [0.1, 0.15) is 17.1 Å². The molecular formula is C17H25NO5. The van der Waals surface area contributed by atoms with Gasteiger partial charge in [-0.2, -0.15) is 0 Å². The monoisotopic (exact) mass is 323 g/mol. The van der Waals surface area contributed by atoms with Crippen LogP contribution in [0, 0.1) is 5.92 Å². The van der Waals surface area contributed by atoms with E-state index < -0.39 is 18.3 Å². The summed E-state index contributed by atoms with van der Waals surface area (Å²) in [5.41, 5.74) is -0.0967. The van der Waals surface area contributed by atoms with Crippen molar-refractivity contribution in [1.82, 2.24) is 5.32 Å². The molecule has 0 heterocycles. The lowest BCUT2D eigenvalue weighted by Gasteiger charge is -2.14. The molecule has 0 aromatic heterocycles. The number of esters is 1. The van der Waals surface area contributed by atoms with E-state index in [0.717, 1.165) is 25.3 Å². The number of hydrogen-bond donors (Lipinski definition) is 3. The van der Waals surface area contributed by atoms with Crippen LogP contribution in [0.3, 0.4) is 0 Å². The molecule has 1 unspecified atom stereocenters. The Kier molecular flexibility index (Phi) is 7.38. The molecule has 0 aliphatic carbocycles. The van der Waals surface area contributed by atoms with Crippen LogP contribution >= 0.6 is 0 Å². The SMILES string of the molecule is CC(C)CCCC(C)NC(=O)COC(=O)c1ccc(O)cc1O. The number of rotatable bonds is 8. The van der Waals surface area contributed by atoms with Crippen molar-refractivity contribution < 1.29 is 24.5 Å². The second-order valence-electron chi connectivity index (χ2n) is 6.07. The number of nitrogens with one attached hydrogen (secondary N) is 1. The molecule has 23 heavy (non-hydrogen) atoms. The van der Waals surface area contributed by atoms with Crippen LogP contribution in [0.25, 0.3) is 0 Å². The number of phenols is 2. The molecule has 6 heteroatoms. The fourth-order valence-corrected chi connectivity index (χ4v) is 2.12. The van der Waals surface area contributed by atoms with Gasteiger partial charge in [-0.15, -0.1) is 0 Å². The van der Waals surface area contributed by atoms with Crippen molar-refractivity contribution in [3.63, 3.8) is 0 Å². The van der Waals surface area contributed by atoms with Crippen LogP contribution in [0.1, 0.15) is 50.4 Å². The normalized spacial score (nSPS) is 12.0. The van der Waals surface area contributed by atoms with E-state index in [1.807, 2.05) is 6.92 Å². The van der Waals surface area contributed by atoms with Gasteiger partial charge in [-0.3, -0.25) is 4.79 Å². The van der Waals surface area contributed by atoms with Gasteiger partial charge in [-0.05, 0) is 31.4 Å². The number of phenolic OH excluding ortho intramolecular Hbond substituents is 2. The lowest BCUT2D eigenvalue weighted by Crippen LogP contribution is -2.35. The Bertz CT molecular complexity index is 542. The molecule has 0 saturated carbocycles. The molecule has 1 rings (SSSR count). The summed E-state index contributed by atoms with van der Waals surface area (Å²) in [5.74, 6) is -1.11. The standard InChI is InChI=1S/C17H25NO5/c1-11(2)5-4-6-12(3)18-16(21)10-23-17(22)14-8-7-13(19)9-15(14)20/h7-9,11-12,19-20H,4-6,10H2,1-3H3,(H,18,21). The van der Waals surface area contributed by atoms with Crippen LogP contribution in [0.2, 0.25) is 0 Å². The molecule has 6 nitrogen and oxygen atoms in total. The molecule has 1 aromatic carbocycles. The number of aromatic hydroxyl groups is 2. The van der Waals surface area contributed by atoms with Crippen LogP contribution in [0.5, 0.6) is 11.5 Å². The third-order valence-electron chi connectivity index (χ3n) is 3.36. The first-order valence-corrected chi connectivity index (χ1v) is 7.78. The average molecular weight is 323 g/mol. The summed E-state index contributed by atoms with van der Waals surface area (Å²) in [6.07, 6.45) is 3.01. The second-order valence-corrected chi connectivity index (χ2v) is 6.07. The third kappa shape index (κ3) is 7.04. The van der Waals surface area contributed by atoms with Crippen molar-refractivity contribution in [3.05, 3.63) is 23.8 Å². The zero-order chi connectivity index (χ0) is 17.4.